The molecule has 186 valence electrons. The predicted octanol–water partition coefficient (Wildman–Crippen LogP) is 3.77. The zero-order valence-corrected chi connectivity index (χ0v) is 19.4. The first kappa shape index (κ1) is 20.8. The number of hydrogen-bond acceptors (Lipinski definition) is 5. The van der Waals surface area contributed by atoms with Crippen LogP contribution in [-0.2, 0) is 15.7 Å². The number of piperidine rings is 1. The van der Waals surface area contributed by atoms with E-state index < -0.39 is 30.2 Å². The summed E-state index contributed by atoms with van der Waals surface area (Å²) in [6.07, 6.45) is -0.552. The molecule has 2 aliphatic rings. The fourth-order valence-electron chi connectivity index (χ4n) is 4.65. The summed E-state index contributed by atoms with van der Waals surface area (Å²) in [4.78, 5) is 20.3. The monoisotopic (exact) mass is 482 g/mol. The quantitative estimate of drug-likeness (QED) is 0.636. The summed E-state index contributed by atoms with van der Waals surface area (Å²) < 4.78 is 70.2. The molecule has 2 aromatic rings. The Bertz CT molecular complexity index is 1160. The zero-order valence-electron chi connectivity index (χ0n) is 22.4. The van der Waals surface area contributed by atoms with Crippen LogP contribution in [0, 0.1) is 0 Å². The van der Waals surface area contributed by atoms with Gasteiger partial charge < -0.3 is 24.3 Å². The van der Waals surface area contributed by atoms with Crippen LogP contribution in [0.2, 0.25) is 0 Å². The number of anilines is 1. The molecule has 2 saturated heterocycles. The third kappa shape index (κ3) is 5.38. The zero-order chi connectivity index (χ0) is 26.9. The molecule has 1 atom stereocenters. The van der Waals surface area contributed by atoms with Gasteiger partial charge in [0.2, 0.25) is 5.91 Å². The average molecular weight is 483 g/mol. The third-order valence-corrected chi connectivity index (χ3v) is 6.50. The van der Waals surface area contributed by atoms with E-state index in [1.807, 2.05) is 13.8 Å². The molecular weight excluding hydrogens is 447 g/mol. The highest BCUT2D eigenvalue weighted by Crippen LogP contribution is 2.34. The third-order valence-electron chi connectivity index (χ3n) is 6.50. The Balaban J connectivity index is 1.38. The number of fused-ring (bicyclic) bond motifs is 1. The Kier molecular flexibility index (Phi) is 6.08. The highest BCUT2D eigenvalue weighted by Gasteiger charge is 2.33. The predicted molar refractivity (Wildman–Crippen MR) is 124 cm³/mol. The summed E-state index contributed by atoms with van der Waals surface area (Å²) in [7, 11) is 0. The van der Waals surface area contributed by atoms with Crippen molar-refractivity contribution in [2.45, 2.75) is 50.9 Å². The Hall–Kier alpha value is -2.59. The molecule has 0 radical (unpaired) electrons. The number of imidazole rings is 1. The summed E-state index contributed by atoms with van der Waals surface area (Å²) in [5, 5.41) is 3.30. The van der Waals surface area contributed by atoms with E-state index in [0.717, 1.165) is 25.1 Å². The van der Waals surface area contributed by atoms with Gasteiger partial charge in [-0.15, -0.1) is 0 Å². The molecule has 0 aromatic carbocycles. The molecule has 0 aliphatic carbocycles. The largest absolute Gasteiger partial charge is 0.417 e. The Morgan fingerprint density at radius 3 is 2.85 bits per heavy atom. The normalized spacial score (nSPS) is 21.9. The van der Waals surface area contributed by atoms with Crippen molar-refractivity contribution in [1.82, 2.24) is 19.2 Å². The minimum absolute atomic E-state index is 0.0170. The van der Waals surface area contributed by atoms with Crippen LogP contribution in [0.25, 0.3) is 5.65 Å². The van der Waals surface area contributed by atoms with Gasteiger partial charge in [-0.05, 0) is 30.9 Å². The van der Waals surface area contributed by atoms with E-state index in [1.54, 1.807) is 6.20 Å². The smallest absolute Gasteiger partial charge is 0.379 e. The highest BCUT2D eigenvalue weighted by molar-refractivity contribution is 5.87. The molecule has 2 fully saturated rings. The molecule has 0 unspecified atom stereocenters. The summed E-state index contributed by atoms with van der Waals surface area (Å²) in [5.74, 6) is -0.615. The number of hydrogen-bond donors (Lipinski definition) is 1. The minimum atomic E-state index is -4.47. The van der Waals surface area contributed by atoms with Crippen molar-refractivity contribution in [1.29, 1.82) is 0 Å². The van der Waals surface area contributed by atoms with Crippen molar-refractivity contribution in [2.75, 3.05) is 44.6 Å². The van der Waals surface area contributed by atoms with Gasteiger partial charge in [0.1, 0.15) is 0 Å². The van der Waals surface area contributed by atoms with Crippen molar-refractivity contribution >= 4 is 17.2 Å². The van der Waals surface area contributed by atoms with Gasteiger partial charge in [-0.25, -0.2) is 4.98 Å². The first-order chi connectivity index (χ1) is 17.4. The van der Waals surface area contributed by atoms with Gasteiger partial charge >= 0.3 is 6.18 Å². The minimum Gasteiger partial charge on any atom is -0.379 e. The fraction of sp³-hybridized carbons (Fsp3) is 0.583. The number of rotatable bonds is 6. The number of likely N-dealkylation sites (tertiary alicyclic amines) is 1. The molecule has 7 nitrogen and oxygen atoms in total. The number of alkyl halides is 3. The van der Waals surface area contributed by atoms with Gasteiger partial charge in [0.15, 0.2) is 5.65 Å². The molecule has 0 saturated carbocycles. The second-order valence-electron chi connectivity index (χ2n) is 9.26. The van der Waals surface area contributed by atoms with Crippen LogP contribution in [0.15, 0.2) is 31.0 Å². The number of carbonyl (C=O) groups excluding carboxylic acids is 1. The SMILES string of the molecule is [2H]C([2H])=C([2H])C(=O)N1CCO[C@H](CN2CCC(Nc3cc(C(F)(F)F)cn4c(C(C)C)cnc34)CC2)C1. The van der Waals surface area contributed by atoms with Gasteiger partial charge in [-0.3, -0.25) is 4.79 Å². The van der Waals surface area contributed by atoms with Gasteiger partial charge in [0.05, 0.1) is 28.1 Å². The van der Waals surface area contributed by atoms with Gasteiger partial charge in [-0.2, -0.15) is 13.2 Å². The van der Waals surface area contributed by atoms with Gasteiger partial charge in [0, 0.05) is 56.9 Å². The second-order valence-corrected chi connectivity index (χ2v) is 9.26. The lowest BCUT2D eigenvalue weighted by Gasteiger charge is -2.38. The topological polar surface area (TPSA) is 62.1 Å². The molecule has 4 heterocycles. The molecular formula is C24H32F3N5O2. The van der Waals surface area contributed by atoms with Gasteiger partial charge in [-0.1, -0.05) is 20.4 Å². The molecule has 2 aromatic heterocycles. The number of carbonyl (C=O) groups is 1. The standard InChI is InChI=1S/C24H32F3N5O2/c1-4-22(33)31-9-10-34-19(15-31)14-30-7-5-18(6-8-30)29-20-11-17(24(25,26)27)13-32-21(16(2)3)12-28-23(20)32/h4,11-13,16,18-19,29H,1,5-10,14-15H2,2-3H3/t19-/m1/s1/i1D2,4D. The fourth-order valence-corrected chi connectivity index (χ4v) is 4.65. The van der Waals surface area contributed by atoms with Crippen LogP contribution < -0.4 is 5.32 Å². The number of aromatic nitrogens is 2. The summed E-state index contributed by atoms with van der Waals surface area (Å²) in [6, 6.07) is 0.486. The van der Waals surface area contributed by atoms with Crippen LogP contribution in [0.5, 0.6) is 0 Å². The maximum atomic E-state index is 13.6. The van der Waals surface area contributed by atoms with Crippen LogP contribution in [0.4, 0.5) is 18.9 Å². The van der Waals surface area contributed by atoms with Crippen molar-refractivity contribution < 1.29 is 26.8 Å². The number of halogens is 3. The van der Waals surface area contributed by atoms with E-state index in [4.69, 9.17) is 8.85 Å². The number of pyridine rings is 1. The van der Waals surface area contributed by atoms with Crippen LogP contribution in [-0.4, -0.2) is 76.6 Å². The van der Waals surface area contributed by atoms with E-state index in [2.05, 4.69) is 15.2 Å². The van der Waals surface area contributed by atoms with Gasteiger partial charge in [0.25, 0.3) is 0 Å². The Labute approximate surface area is 201 Å². The number of nitrogens with zero attached hydrogens (tertiary/aromatic N) is 4. The maximum absolute atomic E-state index is 13.6. The lowest BCUT2D eigenvalue weighted by atomic mass is 10.0. The maximum Gasteiger partial charge on any atom is 0.417 e. The second kappa shape index (κ2) is 9.95. The molecule has 1 amide bonds. The number of nitrogens with one attached hydrogen (secondary N) is 1. The van der Waals surface area contributed by atoms with E-state index in [9.17, 15) is 18.0 Å². The molecule has 4 rings (SSSR count). The molecule has 10 heteroatoms. The molecule has 34 heavy (non-hydrogen) atoms. The first-order valence-electron chi connectivity index (χ1n) is 13.1. The average Bonchev–Trinajstić information content (AvgIpc) is 3.29. The van der Waals surface area contributed by atoms with E-state index in [0.29, 0.717) is 49.8 Å². The highest BCUT2D eigenvalue weighted by atomic mass is 19.4. The summed E-state index contributed by atoms with van der Waals surface area (Å²) in [6.45, 7) is 5.94. The van der Waals surface area contributed by atoms with Crippen LogP contribution in [0.1, 0.15) is 48.0 Å². The number of morpholine rings is 1. The van der Waals surface area contributed by atoms with Crippen molar-refractivity contribution in [3.63, 3.8) is 0 Å². The Morgan fingerprint density at radius 1 is 1.41 bits per heavy atom. The molecule has 0 bridgehead atoms. The number of ether oxygens (including phenoxy) is 1. The summed E-state index contributed by atoms with van der Waals surface area (Å²) in [5.41, 5.74) is 0.842. The molecule has 0 spiro atoms. The van der Waals surface area contributed by atoms with Crippen molar-refractivity contribution in [2.24, 2.45) is 0 Å². The summed E-state index contributed by atoms with van der Waals surface area (Å²) >= 11 is 0. The van der Waals surface area contributed by atoms with Crippen molar-refractivity contribution in [3.8, 4) is 0 Å². The number of amides is 1. The van der Waals surface area contributed by atoms with E-state index in [1.165, 1.54) is 9.30 Å². The van der Waals surface area contributed by atoms with Crippen LogP contribution >= 0.6 is 0 Å². The van der Waals surface area contributed by atoms with Crippen LogP contribution in [0.3, 0.4) is 0 Å². The van der Waals surface area contributed by atoms with Crippen molar-refractivity contribution in [3.05, 3.63) is 42.3 Å². The van der Waals surface area contributed by atoms with E-state index >= 15 is 0 Å². The molecule has 2 aliphatic heterocycles. The lowest BCUT2D eigenvalue weighted by molar-refractivity contribution is -0.138. The first-order valence-corrected chi connectivity index (χ1v) is 11.6. The molecule has 1 N–H and O–H groups in total. The Morgan fingerprint density at radius 2 is 2.18 bits per heavy atom. The van der Waals surface area contributed by atoms with E-state index in [-0.39, 0.29) is 24.6 Å². The lowest BCUT2D eigenvalue weighted by Crippen LogP contribution is -2.51.